The van der Waals surface area contributed by atoms with E-state index in [2.05, 4.69) is 0 Å². The summed E-state index contributed by atoms with van der Waals surface area (Å²) in [5.41, 5.74) is 0. The second-order valence-electron chi connectivity index (χ2n) is 8.44. The predicted molar refractivity (Wildman–Crippen MR) is 111 cm³/mol. The number of furan rings is 1. The minimum atomic E-state index is -3.60. The molecular formula is C20H30N4O6S. The highest BCUT2D eigenvalue weighted by Gasteiger charge is 2.41. The van der Waals surface area contributed by atoms with Crippen LogP contribution in [-0.2, 0) is 19.7 Å². The highest BCUT2D eigenvalue weighted by molar-refractivity contribution is 7.86. The molecule has 3 fully saturated rings. The first-order chi connectivity index (χ1) is 14.8. The number of nitrogens with zero attached hydrogens (tertiary/aromatic N) is 4. The Labute approximate surface area is 182 Å². The molecule has 4 rings (SSSR count). The van der Waals surface area contributed by atoms with E-state index in [0.717, 1.165) is 6.42 Å². The lowest BCUT2D eigenvalue weighted by Gasteiger charge is -2.41. The summed E-state index contributed by atoms with van der Waals surface area (Å²) in [7, 11) is -3.60. The Morgan fingerprint density at radius 2 is 1.68 bits per heavy atom. The summed E-state index contributed by atoms with van der Waals surface area (Å²) in [5, 5.41) is 0. The van der Waals surface area contributed by atoms with Gasteiger partial charge in [0.25, 0.3) is 16.1 Å². The molecule has 2 amide bonds. The highest BCUT2D eigenvalue weighted by Crippen LogP contribution is 2.24. The van der Waals surface area contributed by atoms with Crippen molar-refractivity contribution in [2.45, 2.75) is 44.9 Å². The van der Waals surface area contributed by atoms with Gasteiger partial charge in [-0.2, -0.15) is 17.0 Å². The molecule has 1 aromatic rings. The van der Waals surface area contributed by atoms with Gasteiger partial charge in [-0.3, -0.25) is 9.59 Å². The molecule has 172 valence electrons. The topological polar surface area (TPSA) is 104 Å². The van der Waals surface area contributed by atoms with Gasteiger partial charge in [-0.05, 0) is 38.8 Å². The molecule has 3 saturated heterocycles. The van der Waals surface area contributed by atoms with Crippen LogP contribution in [0.15, 0.2) is 22.8 Å². The van der Waals surface area contributed by atoms with E-state index in [0.29, 0.717) is 39.1 Å². The van der Waals surface area contributed by atoms with Gasteiger partial charge in [0.2, 0.25) is 5.91 Å². The fourth-order valence-corrected chi connectivity index (χ4v) is 6.39. The van der Waals surface area contributed by atoms with E-state index in [-0.39, 0.29) is 42.9 Å². The first kappa shape index (κ1) is 22.3. The molecule has 31 heavy (non-hydrogen) atoms. The minimum Gasteiger partial charge on any atom is -0.459 e. The summed E-state index contributed by atoms with van der Waals surface area (Å²) in [6.45, 7) is 6.02. The van der Waals surface area contributed by atoms with E-state index in [1.54, 1.807) is 21.9 Å². The van der Waals surface area contributed by atoms with Crippen LogP contribution in [-0.4, -0.2) is 103 Å². The van der Waals surface area contributed by atoms with E-state index in [1.165, 1.54) is 14.9 Å². The van der Waals surface area contributed by atoms with Gasteiger partial charge in [0.1, 0.15) is 6.04 Å². The van der Waals surface area contributed by atoms with Crippen LogP contribution < -0.4 is 0 Å². The molecule has 4 heterocycles. The molecule has 0 bridgehead atoms. The van der Waals surface area contributed by atoms with Gasteiger partial charge >= 0.3 is 0 Å². The molecule has 1 aromatic heterocycles. The maximum Gasteiger partial charge on any atom is 0.290 e. The third-order valence-corrected chi connectivity index (χ3v) is 8.09. The van der Waals surface area contributed by atoms with Gasteiger partial charge in [0.15, 0.2) is 5.76 Å². The molecule has 3 unspecified atom stereocenters. The van der Waals surface area contributed by atoms with E-state index in [1.807, 2.05) is 13.8 Å². The molecule has 3 aliphatic rings. The summed E-state index contributed by atoms with van der Waals surface area (Å²) in [4.78, 5) is 29.1. The van der Waals surface area contributed by atoms with Crippen molar-refractivity contribution in [3.05, 3.63) is 24.2 Å². The van der Waals surface area contributed by atoms with Gasteiger partial charge in [0, 0.05) is 45.8 Å². The zero-order chi connectivity index (χ0) is 22.2. The molecule has 0 spiro atoms. The molecule has 0 radical (unpaired) electrons. The molecule has 10 nitrogen and oxygen atoms in total. The molecule has 11 heteroatoms. The van der Waals surface area contributed by atoms with Crippen molar-refractivity contribution in [3.8, 4) is 0 Å². The smallest absolute Gasteiger partial charge is 0.290 e. The van der Waals surface area contributed by atoms with Gasteiger partial charge in [-0.1, -0.05) is 0 Å². The number of likely N-dealkylation sites (tertiary alicyclic amines) is 1. The summed E-state index contributed by atoms with van der Waals surface area (Å²) in [6, 6.07) is 2.72. The standard InChI is InChI=1S/C20H30N4O6S/c1-15-13-23(14-16(2)30-15)31(27,28)22-10-8-21(9-11-22)19(25)17-5-3-7-24(17)20(26)18-6-4-12-29-18/h4,6,12,15-17H,3,5,7-11,13-14H2,1-2H3. The number of ether oxygens (including phenoxy) is 1. The number of carbonyl (C=O) groups is 2. The van der Waals surface area contributed by atoms with Crippen LogP contribution in [0.1, 0.15) is 37.2 Å². The van der Waals surface area contributed by atoms with Crippen LogP contribution in [0.25, 0.3) is 0 Å². The molecule has 0 N–H and O–H groups in total. The molecule has 3 aliphatic heterocycles. The van der Waals surface area contributed by atoms with E-state index >= 15 is 0 Å². The van der Waals surface area contributed by atoms with Crippen LogP contribution in [0.3, 0.4) is 0 Å². The zero-order valence-corrected chi connectivity index (χ0v) is 18.8. The first-order valence-corrected chi connectivity index (χ1v) is 12.2. The number of hydrogen-bond acceptors (Lipinski definition) is 6. The lowest BCUT2D eigenvalue weighted by Crippen LogP contribution is -2.59. The van der Waals surface area contributed by atoms with Gasteiger partial charge < -0.3 is 19.0 Å². The monoisotopic (exact) mass is 454 g/mol. The van der Waals surface area contributed by atoms with Crippen molar-refractivity contribution in [1.29, 1.82) is 0 Å². The Bertz CT molecular complexity index is 887. The number of piperazine rings is 1. The van der Waals surface area contributed by atoms with Gasteiger partial charge in [0.05, 0.1) is 18.5 Å². The Morgan fingerprint density at radius 3 is 2.29 bits per heavy atom. The van der Waals surface area contributed by atoms with Gasteiger partial charge in [-0.15, -0.1) is 0 Å². The van der Waals surface area contributed by atoms with Crippen molar-refractivity contribution in [1.82, 2.24) is 18.4 Å². The molecule has 0 aliphatic carbocycles. The average molecular weight is 455 g/mol. The third-order valence-electron chi connectivity index (χ3n) is 6.12. The number of morpholine rings is 1. The fourth-order valence-electron chi connectivity index (χ4n) is 4.64. The number of amides is 2. The van der Waals surface area contributed by atoms with Crippen molar-refractivity contribution >= 4 is 22.0 Å². The van der Waals surface area contributed by atoms with Crippen LogP contribution in [0.5, 0.6) is 0 Å². The zero-order valence-electron chi connectivity index (χ0n) is 18.0. The Balaban J connectivity index is 1.37. The third kappa shape index (κ3) is 4.50. The number of rotatable bonds is 4. The van der Waals surface area contributed by atoms with Crippen molar-refractivity contribution in [3.63, 3.8) is 0 Å². The summed E-state index contributed by atoms with van der Waals surface area (Å²) in [6.07, 6.45) is 2.50. The Hall–Kier alpha value is -1.95. The SMILES string of the molecule is CC1CN(S(=O)(=O)N2CCN(C(=O)C3CCCN3C(=O)c3ccco3)CC2)CC(C)O1. The molecular weight excluding hydrogens is 424 g/mol. The summed E-state index contributed by atoms with van der Waals surface area (Å²) >= 11 is 0. The summed E-state index contributed by atoms with van der Waals surface area (Å²) < 4.78 is 39.9. The van der Waals surface area contributed by atoms with Crippen LogP contribution in [0.2, 0.25) is 0 Å². The van der Waals surface area contributed by atoms with E-state index in [9.17, 15) is 18.0 Å². The van der Waals surface area contributed by atoms with E-state index in [4.69, 9.17) is 9.15 Å². The lowest BCUT2D eigenvalue weighted by atomic mass is 10.1. The first-order valence-electron chi connectivity index (χ1n) is 10.8. The number of hydrogen-bond donors (Lipinski definition) is 0. The lowest BCUT2D eigenvalue weighted by molar-refractivity contribution is -0.136. The number of carbonyl (C=O) groups excluding carboxylic acids is 2. The van der Waals surface area contributed by atoms with Crippen molar-refractivity contribution in [2.75, 3.05) is 45.8 Å². The minimum absolute atomic E-state index is 0.122. The predicted octanol–water partition coefficient (Wildman–Crippen LogP) is 0.382. The second kappa shape index (κ2) is 8.89. The highest BCUT2D eigenvalue weighted by atomic mass is 32.2. The van der Waals surface area contributed by atoms with Crippen LogP contribution >= 0.6 is 0 Å². The Kier molecular flexibility index (Phi) is 6.38. The maximum absolute atomic E-state index is 13.1. The average Bonchev–Trinajstić information content (AvgIpc) is 3.44. The van der Waals surface area contributed by atoms with Gasteiger partial charge in [-0.25, -0.2) is 0 Å². The normalized spacial score (nSPS) is 28.8. The van der Waals surface area contributed by atoms with Crippen molar-refractivity contribution in [2.24, 2.45) is 0 Å². The van der Waals surface area contributed by atoms with Crippen LogP contribution in [0, 0.1) is 0 Å². The quantitative estimate of drug-likeness (QED) is 0.652. The van der Waals surface area contributed by atoms with E-state index < -0.39 is 16.3 Å². The maximum atomic E-state index is 13.1. The molecule has 0 saturated carbocycles. The van der Waals surface area contributed by atoms with Crippen molar-refractivity contribution < 1.29 is 27.2 Å². The molecule has 0 aromatic carbocycles. The molecule has 3 atom stereocenters. The second-order valence-corrected chi connectivity index (χ2v) is 10.4. The Morgan fingerprint density at radius 1 is 1.00 bits per heavy atom. The largest absolute Gasteiger partial charge is 0.459 e. The van der Waals surface area contributed by atoms with Crippen LogP contribution in [0.4, 0.5) is 0 Å². The fraction of sp³-hybridized carbons (Fsp3) is 0.700. The summed E-state index contributed by atoms with van der Waals surface area (Å²) in [5.74, 6) is -0.176.